The van der Waals surface area contributed by atoms with E-state index in [9.17, 15) is 17.8 Å². The monoisotopic (exact) mass is 705 g/mol. The molecule has 0 amide bonds. The minimum absolute atomic E-state index is 0.197. The number of rotatable bonds is 3. The van der Waals surface area contributed by atoms with Crippen molar-refractivity contribution in [1.29, 1.82) is 0 Å². The van der Waals surface area contributed by atoms with Crippen LogP contribution in [-0.4, -0.2) is 18.9 Å². The van der Waals surface area contributed by atoms with Crippen LogP contribution in [0.3, 0.4) is 0 Å². The zero-order valence-electron chi connectivity index (χ0n) is 12.7. The van der Waals surface area contributed by atoms with Gasteiger partial charge >= 0.3 is 5.97 Å². The Morgan fingerprint density at radius 1 is 0.962 bits per heavy atom. The summed E-state index contributed by atoms with van der Waals surface area (Å²) in [4.78, 5) is 12.3. The fourth-order valence-electron chi connectivity index (χ4n) is 2.41. The molecule has 3 rings (SSSR count). The predicted octanol–water partition coefficient (Wildman–Crippen LogP) is 4.78. The molecule has 0 aromatic heterocycles. The zero-order valence-corrected chi connectivity index (χ0v) is 20.0. The van der Waals surface area contributed by atoms with Crippen LogP contribution in [0, 0.1) is 10.7 Å². The van der Waals surface area contributed by atoms with Gasteiger partial charge in [0.05, 0.1) is 10.5 Å². The van der Waals surface area contributed by atoms with Gasteiger partial charge in [-0.15, -0.1) is 0 Å². The zero-order chi connectivity index (χ0) is 19.1. The highest BCUT2D eigenvalue weighted by Crippen LogP contribution is 2.32. The summed E-state index contributed by atoms with van der Waals surface area (Å²) in [6.45, 7) is 0. The van der Waals surface area contributed by atoms with E-state index in [0.29, 0.717) is 10.9 Å². The summed E-state index contributed by atoms with van der Waals surface area (Å²) in [7, 11) is -4.64. The molecule has 0 saturated heterocycles. The Labute approximate surface area is 190 Å². The van der Waals surface area contributed by atoms with E-state index in [2.05, 4.69) is 67.8 Å². The van der Waals surface area contributed by atoms with E-state index in [0.717, 1.165) is 16.8 Å². The van der Waals surface area contributed by atoms with Gasteiger partial charge < -0.3 is 9.29 Å². The molecule has 0 fully saturated rings. The van der Waals surface area contributed by atoms with Gasteiger partial charge in [0.15, 0.2) is 0 Å². The van der Waals surface area contributed by atoms with Crippen molar-refractivity contribution in [3.05, 3.63) is 64.8 Å². The number of benzene rings is 3. The second-order valence-corrected chi connectivity index (χ2v) is 10.0. The van der Waals surface area contributed by atoms with Gasteiger partial charge in [0.2, 0.25) is 0 Å². The average molecular weight is 705 g/mol. The van der Waals surface area contributed by atoms with Crippen LogP contribution in [0.5, 0.6) is 5.75 Å². The highest BCUT2D eigenvalue weighted by Gasteiger charge is 2.18. The second-order valence-electron chi connectivity index (χ2n) is 5.20. The number of halogens is 3. The summed E-state index contributed by atoms with van der Waals surface area (Å²) in [5.41, 5.74) is 0.423. The van der Waals surface area contributed by atoms with Gasteiger partial charge in [-0.3, -0.25) is 0 Å². The topological polar surface area (TPSA) is 83.5 Å². The van der Waals surface area contributed by atoms with Crippen molar-refractivity contribution >= 4 is 94.6 Å². The van der Waals surface area contributed by atoms with Crippen molar-refractivity contribution in [2.75, 3.05) is 0 Å². The normalized spacial score (nSPS) is 11.5. The summed E-state index contributed by atoms with van der Waals surface area (Å²) in [5.74, 6) is -0.351. The Kier molecular flexibility index (Phi) is 6.11. The Morgan fingerprint density at radius 2 is 1.62 bits per heavy atom. The molecule has 0 unspecified atom stereocenters. The first kappa shape index (κ1) is 20.2. The standard InChI is InChI=1S/C17H9I3O5S/c18-9-7-12(16(20)13(19)8-9)17(21)25-14-5-6-15(26(22,23)24)11-4-2-1-3-10(11)14/h1-8H,(H,22,23,24)/p-1. The molecule has 0 spiro atoms. The van der Waals surface area contributed by atoms with Crippen LogP contribution >= 0.6 is 67.8 Å². The van der Waals surface area contributed by atoms with Crippen LogP contribution in [0.4, 0.5) is 0 Å². The molecule has 3 aromatic carbocycles. The molecular formula is C17H8I3O5S-. The first-order chi connectivity index (χ1) is 12.2. The Hall–Kier alpha value is -0.510. The van der Waals surface area contributed by atoms with Gasteiger partial charge in [0.25, 0.3) is 0 Å². The summed E-state index contributed by atoms with van der Waals surface area (Å²) in [5, 5.41) is 0.604. The Bertz CT molecular complexity index is 1140. The highest BCUT2D eigenvalue weighted by atomic mass is 127. The number of carbonyl (C=O) groups is 1. The van der Waals surface area contributed by atoms with E-state index in [-0.39, 0.29) is 16.0 Å². The van der Waals surface area contributed by atoms with Crippen LogP contribution in [0.1, 0.15) is 10.4 Å². The number of fused-ring (bicyclic) bond motifs is 1. The number of hydrogen-bond donors (Lipinski definition) is 0. The van der Waals surface area contributed by atoms with Crippen molar-refractivity contribution in [3.63, 3.8) is 0 Å². The predicted molar refractivity (Wildman–Crippen MR) is 121 cm³/mol. The van der Waals surface area contributed by atoms with Crippen molar-refractivity contribution in [2.45, 2.75) is 4.90 Å². The van der Waals surface area contributed by atoms with E-state index in [4.69, 9.17) is 4.74 Å². The van der Waals surface area contributed by atoms with Gasteiger partial charge in [-0.05, 0) is 92.0 Å². The molecule has 0 radical (unpaired) electrons. The fraction of sp³-hybridized carbons (Fsp3) is 0. The second kappa shape index (κ2) is 7.85. The quantitative estimate of drug-likeness (QED) is 0.129. The molecule has 0 atom stereocenters. The molecule has 0 aliphatic rings. The largest absolute Gasteiger partial charge is 0.744 e. The van der Waals surface area contributed by atoms with Crippen LogP contribution in [0.2, 0.25) is 0 Å². The van der Waals surface area contributed by atoms with Crippen LogP contribution in [-0.2, 0) is 10.1 Å². The molecular weight excluding hydrogens is 697 g/mol. The first-order valence-corrected chi connectivity index (χ1v) is 11.7. The van der Waals surface area contributed by atoms with E-state index in [1.807, 2.05) is 6.07 Å². The number of ether oxygens (including phenoxy) is 1. The summed E-state index contributed by atoms with van der Waals surface area (Å²) in [6, 6.07) is 12.6. The van der Waals surface area contributed by atoms with Crippen molar-refractivity contribution < 1.29 is 22.5 Å². The van der Waals surface area contributed by atoms with Crippen LogP contribution in [0.25, 0.3) is 10.8 Å². The van der Waals surface area contributed by atoms with Crippen LogP contribution < -0.4 is 4.74 Å². The number of hydrogen-bond acceptors (Lipinski definition) is 5. The number of esters is 1. The maximum atomic E-state index is 12.7. The van der Waals surface area contributed by atoms with Gasteiger partial charge in [-0.2, -0.15) is 0 Å². The third kappa shape index (κ3) is 4.15. The van der Waals surface area contributed by atoms with Gasteiger partial charge in [-0.25, -0.2) is 13.2 Å². The molecule has 134 valence electrons. The van der Waals surface area contributed by atoms with Crippen molar-refractivity contribution in [1.82, 2.24) is 0 Å². The minimum atomic E-state index is -4.64. The van der Waals surface area contributed by atoms with Crippen molar-refractivity contribution in [2.24, 2.45) is 0 Å². The van der Waals surface area contributed by atoms with Crippen molar-refractivity contribution in [3.8, 4) is 5.75 Å². The summed E-state index contributed by atoms with van der Waals surface area (Å²) < 4.78 is 42.5. The Morgan fingerprint density at radius 3 is 2.27 bits per heavy atom. The molecule has 3 aromatic rings. The third-order valence-electron chi connectivity index (χ3n) is 3.53. The molecule has 0 bridgehead atoms. The SMILES string of the molecule is O=C(Oc1ccc(S(=O)(=O)[O-])c2ccccc12)c1cc(I)cc(I)c1I. The smallest absolute Gasteiger partial charge is 0.344 e. The van der Waals surface area contributed by atoms with Gasteiger partial charge in [0.1, 0.15) is 15.9 Å². The van der Waals surface area contributed by atoms with E-state index in [1.54, 1.807) is 24.3 Å². The highest BCUT2D eigenvalue weighted by molar-refractivity contribution is 14.1. The molecule has 9 heteroatoms. The lowest BCUT2D eigenvalue weighted by atomic mass is 10.1. The fourth-order valence-corrected chi connectivity index (χ4v) is 5.47. The maximum absolute atomic E-state index is 12.7. The van der Waals surface area contributed by atoms with E-state index < -0.39 is 16.1 Å². The molecule has 0 aliphatic carbocycles. The first-order valence-electron chi connectivity index (χ1n) is 7.03. The lowest BCUT2D eigenvalue weighted by molar-refractivity contribution is 0.0735. The Balaban J connectivity index is 2.10. The van der Waals surface area contributed by atoms with E-state index >= 15 is 0 Å². The van der Waals surface area contributed by atoms with Gasteiger partial charge in [0, 0.05) is 21.5 Å². The lowest BCUT2D eigenvalue weighted by Gasteiger charge is -2.14. The maximum Gasteiger partial charge on any atom is 0.344 e. The van der Waals surface area contributed by atoms with Crippen LogP contribution in [0.15, 0.2) is 53.4 Å². The molecule has 0 N–H and O–H groups in total. The lowest BCUT2D eigenvalue weighted by Crippen LogP contribution is -2.12. The minimum Gasteiger partial charge on any atom is -0.744 e. The molecule has 0 aliphatic heterocycles. The molecule has 5 nitrogen and oxygen atoms in total. The van der Waals surface area contributed by atoms with Gasteiger partial charge in [-0.1, -0.05) is 24.3 Å². The summed E-state index contributed by atoms with van der Waals surface area (Å²) >= 11 is 6.35. The molecule has 26 heavy (non-hydrogen) atoms. The summed E-state index contributed by atoms with van der Waals surface area (Å²) in [6.07, 6.45) is 0. The molecule has 0 saturated carbocycles. The number of carbonyl (C=O) groups excluding carboxylic acids is 1. The third-order valence-corrected chi connectivity index (χ3v) is 8.09. The van der Waals surface area contributed by atoms with E-state index in [1.165, 1.54) is 12.1 Å². The molecule has 0 heterocycles. The average Bonchev–Trinajstić information content (AvgIpc) is 2.57.